The summed E-state index contributed by atoms with van der Waals surface area (Å²) < 4.78 is 59.5. The minimum atomic E-state index is -5.07. The first-order valence-electron chi connectivity index (χ1n) is 31.1. The van der Waals surface area contributed by atoms with Crippen molar-refractivity contribution in [3.05, 3.63) is 24.3 Å². The first kappa shape index (κ1) is 70.6. The summed E-state index contributed by atoms with van der Waals surface area (Å²) in [5.41, 5.74) is 0. The molecule has 0 aromatic heterocycles. The van der Waals surface area contributed by atoms with Gasteiger partial charge in [-0.05, 0) is 64.2 Å². The second-order valence-corrected chi connectivity index (χ2v) is 22.7. The maximum Gasteiger partial charge on any atom is 0.397 e. The van der Waals surface area contributed by atoms with Gasteiger partial charge in [0.2, 0.25) is 0 Å². The molecule has 12 nitrogen and oxygen atoms in total. The second kappa shape index (κ2) is 52.3. The van der Waals surface area contributed by atoms with Crippen LogP contribution in [0.15, 0.2) is 24.3 Å². The Morgan fingerprint density at radius 3 is 1.22 bits per heavy atom. The molecule has 1 rings (SSSR count). The van der Waals surface area contributed by atoms with Crippen LogP contribution in [-0.4, -0.2) is 97.5 Å². The normalized spacial score (nSPS) is 18.8. The van der Waals surface area contributed by atoms with Crippen LogP contribution >= 0.6 is 0 Å². The number of hydrogen-bond acceptors (Lipinski definition) is 11. The van der Waals surface area contributed by atoms with E-state index in [1.165, 1.54) is 231 Å². The molecule has 438 valence electrons. The van der Waals surface area contributed by atoms with Crippen LogP contribution in [0, 0.1) is 0 Å². The maximum atomic E-state index is 13.0. The van der Waals surface area contributed by atoms with Crippen molar-refractivity contribution >= 4 is 16.4 Å². The zero-order valence-electron chi connectivity index (χ0n) is 47.7. The number of carbonyl (C=O) groups excluding carboxylic acids is 1. The summed E-state index contributed by atoms with van der Waals surface area (Å²) in [6, 6.07) is 0. The largest absolute Gasteiger partial charge is 0.457 e. The quantitative estimate of drug-likeness (QED) is 0.0196. The zero-order chi connectivity index (χ0) is 53.8. The highest BCUT2D eigenvalue weighted by Crippen LogP contribution is 2.26. The number of rotatable bonds is 56. The van der Waals surface area contributed by atoms with Gasteiger partial charge < -0.3 is 34.3 Å². The van der Waals surface area contributed by atoms with Gasteiger partial charge in [-0.1, -0.05) is 250 Å². The molecule has 74 heavy (non-hydrogen) atoms. The molecule has 1 aliphatic heterocycles. The summed E-state index contributed by atoms with van der Waals surface area (Å²) in [6.07, 6.45) is 55.1. The Kier molecular flexibility index (Phi) is 49.9. The summed E-state index contributed by atoms with van der Waals surface area (Å²) >= 11 is 0. The van der Waals surface area contributed by atoms with Gasteiger partial charge in [-0.3, -0.25) is 9.35 Å². The molecule has 6 unspecified atom stereocenters. The third kappa shape index (κ3) is 44.5. The van der Waals surface area contributed by atoms with Crippen molar-refractivity contribution in [1.29, 1.82) is 0 Å². The number of aliphatic hydroxyl groups excluding tert-OH is 3. The van der Waals surface area contributed by atoms with Gasteiger partial charge in [-0.15, -0.1) is 0 Å². The molecule has 0 saturated carbocycles. The molecule has 1 aliphatic rings. The average Bonchev–Trinajstić information content (AvgIpc) is 3.38. The Hall–Kier alpha value is -1.42. The van der Waals surface area contributed by atoms with Gasteiger partial charge in [0.15, 0.2) is 6.29 Å². The van der Waals surface area contributed by atoms with Crippen LogP contribution in [-0.2, 0) is 38.3 Å². The van der Waals surface area contributed by atoms with Gasteiger partial charge in [0.1, 0.15) is 30.5 Å². The van der Waals surface area contributed by atoms with Gasteiger partial charge in [0.25, 0.3) is 0 Å². The van der Waals surface area contributed by atoms with Crippen LogP contribution in [0.5, 0.6) is 0 Å². The number of allylic oxidation sites excluding steroid dienone is 4. The maximum absolute atomic E-state index is 13.0. The van der Waals surface area contributed by atoms with Crippen molar-refractivity contribution in [2.45, 2.75) is 333 Å². The number of carbonyl (C=O) groups is 1. The van der Waals surface area contributed by atoms with E-state index in [-0.39, 0.29) is 19.6 Å². The number of unbranched alkanes of at least 4 members (excludes halogenated alkanes) is 39. The van der Waals surface area contributed by atoms with E-state index in [1.807, 2.05) is 0 Å². The molecule has 0 radical (unpaired) electrons. The van der Waals surface area contributed by atoms with E-state index in [9.17, 15) is 33.1 Å². The fraction of sp³-hybridized carbons (Fsp3) is 0.918. The molecule has 1 fully saturated rings. The summed E-state index contributed by atoms with van der Waals surface area (Å²) in [5.74, 6) is -0.395. The Labute approximate surface area is 454 Å². The number of esters is 1. The van der Waals surface area contributed by atoms with Crippen molar-refractivity contribution in [2.24, 2.45) is 0 Å². The molecular formula is C61H116O12S. The van der Waals surface area contributed by atoms with Crippen LogP contribution in [0.4, 0.5) is 0 Å². The molecule has 0 aromatic rings. The van der Waals surface area contributed by atoms with E-state index in [1.54, 1.807) is 0 Å². The van der Waals surface area contributed by atoms with E-state index < -0.39 is 59.8 Å². The second-order valence-electron chi connectivity index (χ2n) is 21.6. The number of ether oxygens (including phenoxy) is 4. The molecule has 0 aromatic carbocycles. The van der Waals surface area contributed by atoms with Gasteiger partial charge in [0, 0.05) is 13.0 Å². The minimum Gasteiger partial charge on any atom is -0.457 e. The van der Waals surface area contributed by atoms with Crippen LogP contribution in [0.3, 0.4) is 0 Å². The first-order chi connectivity index (χ1) is 36.1. The molecule has 4 N–H and O–H groups in total. The Balaban J connectivity index is 2.25. The molecular weight excluding hydrogens is 957 g/mol. The van der Waals surface area contributed by atoms with E-state index in [4.69, 9.17) is 18.9 Å². The van der Waals surface area contributed by atoms with Crippen molar-refractivity contribution in [3.63, 3.8) is 0 Å². The third-order valence-electron chi connectivity index (χ3n) is 14.5. The van der Waals surface area contributed by atoms with E-state index in [0.717, 1.165) is 38.5 Å². The molecule has 13 heteroatoms. The number of aliphatic hydroxyl groups is 3. The lowest BCUT2D eigenvalue weighted by atomic mass is 9.99. The van der Waals surface area contributed by atoms with Crippen molar-refractivity contribution in [1.82, 2.24) is 0 Å². The standard InChI is InChI=1S/C61H116O12S/c1-3-5-7-9-11-13-15-17-19-21-23-25-26-27-28-29-31-33-35-37-39-41-43-45-47-49-51-69-53-55(54-70-61-59(65)60(73-74(66,67)68)58(64)56(52-62)72-61)71-57(63)50-48-46-44-42-40-38-36-34-32-30-24-22-20-18-16-14-12-10-8-6-4-2/h21-24,55-56,58-62,64-65H,3-20,25-54H2,1-2H3,(H,66,67,68)/b23-21-,24-22-. The van der Waals surface area contributed by atoms with Crippen LogP contribution in [0.25, 0.3) is 0 Å². The smallest absolute Gasteiger partial charge is 0.397 e. The van der Waals surface area contributed by atoms with Gasteiger partial charge in [0.05, 0.1) is 19.8 Å². The third-order valence-corrected chi connectivity index (χ3v) is 15.0. The molecule has 1 heterocycles. The lowest BCUT2D eigenvalue weighted by Gasteiger charge is -2.41. The average molecular weight is 1070 g/mol. The Morgan fingerprint density at radius 2 is 0.851 bits per heavy atom. The van der Waals surface area contributed by atoms with Gasteiger partial charge in [-0.25, -0.2) is 4.18 Å². The fourth-order valence-electron chi connectivity index (χ4n) is 9.84. The highest BCUT2D eigenvalue weighted by Gasteiger charge is 2.48. The number of hydrogen-bond donors (Lipinski definition) is 4. The minimum absolute atomic E-state index is 0.0396. The fourth-order valence-corrected chi connectivity index (χ4v) is 10.4. The van der Waals surface area contributed by atoms with Crippen molar-refractivity contribution in [3.8, 4) is 0 Å². The Bertz CT molecular complexity index is 1380. The highest BCUT2D eigenvalue weighted by molar-refractivity contribution is 7.80. The van der Waals surface area contributed by atoms with Crippen LogP contribution in [0.2, 0.25) is 0 Å². The molecule has 1 saturated heterocycles. The van der Waals surface area contributed by atoms with Crippen molar-refractivity contribution < 1.29 is 56.2 Å². The summed E-state index contributed by atoms with van der Waals surface area (Å²) in [7, 11) is -5.07. The summed E-state index contributed by atoms with van der Waals surface area (Å²) in [6.45, 7) is 4.06. The zero-order valence-corrected chi connectivity index (χ0v) is 48.5. The van der Waals surface area contributed by atoms with E-state index in [2.05, 4.69) is 42.3 Å². The van der Waals surface area contributed by atoms with E-state index in [0.29, 0.717) is 13.0 Å². The molecule has 0 bridgehead atoms. The molecule has 6 atom stereocenters. The van der Waals surface area contributed by atoms with E-state index >= 15 is 0 Å². The molecule has 0 amide bonds. The van der Waals surface area contributed by atoms with Crippen molar-refractivity contribution in [2.75, 3.05) is 26.4 Å². The molecule has 0 spiro atoms. The van der Waals surface area contributed by atoms with Crippen LogP contribution < -0.4 is 0 Å². The predicted octanol–water partition coefficient (Wildman–Crippen LogP) is 15.9. The SMILES string of the molecule is CCCCCCCCCC/C=C\CCCCCCCCCCCCCCCCOCC(COC1OC(CO)C(O)C(OS(=O)(=O)O)C1O)OC(=O)CCCCCCCCCCC/C=C\CCCCCCCCCC. The lowest BCUT2D eigenvalue weighted by molar-refractivity contribution is -0.301. The summed E-state index contributed by atoms with van der Waals surface area (Å²) in [5, 5.41) is 30.9. The predicted molar refractivity (Wildman–Crippen MR) is 304 cm³/mol. The monoisotopic (exact) mass is 1070 g/mol. The van der Waals surface area contributed by atoms with Crippen LogP contribution in [0.1, 0.15) is 296 Å². The lowest BCUT2D eigenvalue weighted by Crippen LogP contribution is -2.60. The summed E-state index contributed by atoms with van der Waals surface area (Å²) in [4.78, 5) is 13.0. The Morgan fingerprint density at radius 1 is 0.500 bits per heavy atom. The topological polar surface area (TPSA) is 178 Å². The highest BCUT2D eigenvalue weighted by atomic mass is 32.3. The molecule has 0 aliphatic carbocycles. The first-order valence-corrected chi connectivity index (χ1v) is 32.5. The van der Waals surface area contributed by atoms with Gasteiger partial charge >= 0.3 is 16.4 Å². The van der Waals surface area contributed by atoms with Gasteiger partial charge in [-0.2, -0.15) is 8.42 Å².